The van der Waals surface area contributed by atoms with Gasteiger partial charge < -0.3 is 43.0 Å². The van der Waals surface area contributed by atoms with Crippen molar-refractivity contribution in [1.29, 1.82) is 0 Å². The van der Waals surface area contributed by atoms with Crippen molar-refractivity contribution in [2.24, 2.45) is 46.8 Å². The van der Waals surface area contributed by atoms with Crippen LogP contribution in [0.1, 0.15) is 177 Å². The summed E-state index contributed by atoms with van der Waals surface area (Å²) in [5.41, 5.74) is 0.897. The lowest BCUT2D eigenvalue weighted by Gasteiger charge is -2.61. The normalized spacial score (nSPS) is 35.9. The molecule has 16 nitrogen and oxygen atoms in total. The van der Waals surface area contributed by atoms with E-state index < -0.39 is 29.2 Å². The monoisotopic (exact) mass is 1090 g/mol. The predicted molar refractivity (Wildman–Crippen MR) is 287 cm³/mol. The van der Waals surface area contributed by atoms with E-state index >= 15 is 0 Å². The minimum Gasteiger partial charge on any atom is -0.465 e. The molecular weight excluding hydrogens is 1000 g/mol. The summed E-state index contributed by atoms with van der Waals surface area (Å²) in [4.78, 5) is 79.5. The quantitative estimate of drug-likeness (QED) is 0.109. The van der Waals surface area contributed by atoms with Gasteiger partial charge in [-0.25, -0.2) is 24.0 Å². The number of fused-ring (bicyclic) bond motifs is 5. The van der Waals surface area contributed by atoms with Crippen LogP contribution in [-0.2, 0) is 71.5 Å². The van der Waals surface area contributed by atoms with Gasteiger partial charge in [0, 0.05) is 52.0 Å². The molecule has 8 atom stereocenters. The number of rotatable bonds is 12. The van der Waals surface area contributed by atoms with Crippen molar-refractivity contribution in [2.45, 2.75) is 224 Å². The van der Waals surface area contributed by atoms with Gasteiger partial charge in [0.1, 0.15) is 41.7 Å². The molecular formula is C62H88O16. The molecule has 1 N–H and O–H groups in total. The number of cyclic esters (lactones) is 2. The molecule has 78 heavy (non-hydrogen) atoms. The smallest absolute Gasteiger partial charge is 0.333 e. The highest BCUT2D eigenvalue weighted by atomic mass is 16.6. The molecule has 0 spiro atoms. The predicted octanol–water partition coefficient (Wildman–Crippen LogP) is 9.97. The summed E-state index contributed by atoms with van der Waals surface area (Å²) < 4.78 is 42.5. The lowest BCUT2D eigenvalue weighted by Crippen LogP contribution is -2.60. The van der Waals surface area contributed by atoms with Gasteiger partial charge in [0.25, 0.3) is 0 Å². The SMILES string of the molecule is C=C(C)C(=O)OC(C)(C)C12CC3CC(CC(C3)C1)C2.C=C(C)C(=O)OC1(CC)CCCC1.C=C(C)C(=O)OC12CC3CC(CC(O)(C3)C1)C2.C=C(C)C(=O)OC1CC2OC1C1C(=O)OCC21.C=C(C)C(=O)OC1COC(=O)C1. The molecule has 0 aromatic rings. The Balaban J connectivity index is 0.000000143. The Kier molecular flexibility index (Phi) is 18.6. The number of hydrogen-bond donors (Lipinski definition) is 1. The minimum atomic E-state index is -0.570. The Bertz CT molecular complexity index is 2350. The highest BCUT2D eigenvalue weighted by molar-refractivity contribution is 5.89. The molecule has 13 fully saturated rings. The molecule has 9 aliphatic carbocycles. The van der Waals surface area contributed by atoms with Crippen LogP contribution in [0.15, 0.2) is 60.8 Å². The first-order valence-corrected chi connectivity index (χ1v) is 28.6. The maximum atomic E-state index is 11.9. The highest BCUT2D eigenvalue weighted by Gasteiger charge is 2.63. The standard InChI is InChI=1S/C17H26O2.C14H20O3.C12H14O5.C11H18O2.C8H10O4/c1-11(2)15(18)19-16(3,4)17-8-12-5-13(9-17)7-14(6-12)10-17;1-9(2)12(15)17-14-6-10-3-11(7-14)5-13(16,4-10)8-14;1-5(2)11(13)17-8-3-7-6-4-15-12(14)9(6)10(8)16-7;1-4-11(7-5-6-8-11)13-10(12)9(2)3;1-5(2)8(10)12-6-3-7(9)11-4-6/h12-14H,1,5-10H2,2-4H3;10-11,16H,1,3-8H2,2H3;6-10H,1,3-4H2,2H3;2,4-8H2,1,3H3;6H,1,3-4H2,2H3. The van der Waals surface area contributed by atoms with Gasteiger partial charge in [0.2, 0.25) is 0 Å². The summed E-state index contributed by atoms with van der Waals surface area (Å²) in [5.74, 6) is 1.43. The van der Waals surface area contributed by atoms with E-state index in [0.29, 0.717) is 59.1 Å². The number of ether oxygens (including phenoxy) is 8. The van der Waals surface area contributed by atoms with Crippen LogP contribution in [0.25, 0.3) is 0 Å². The molecule has 13 rings (SSSR count). The molecule has 0 aromatic carbocycles. The van der Waals surface area contributed by atoms with Crippen LogP contribution in [0, 0.1) is 46.8 Å². The Morgan fingerprint density at radius 1 is 0.628 bits per heavy atom. The molecule has 4 heterocycles. The van der Waals surface area contributed by atoms with E-state index in [9.17, 15) is 38.7 Å². The van der Waals surface area contributed by atoms with Crippen LogP contribution in [0.2, 0.25) is 0 Å². The molecule has 16 heteroatoms. The largest absolute Gasteiger partial charge is 0.465 e. The Labute approximate surface area is 461 Å². The topological polar surface area (TPSA) is 214 Å². The van der Waals surface area contributed by atoms with Gasteiger partial charge in [-0.1, -0.05) is 39.8 Å². The van der Waals surface area contributed by atoms with Gasteiger partial charge in [-0.3, -0.25) is 9.59 Å². The third-order valence-electron chi connectivity index (χ3n) is 18.7. The fraction of sp³-hybridized carbons (Fsp3) is 0.726. The Hall–Kier alpha value is -5.09. The van der Waals surface area contributed by atoms with Gasteiger partial charge in [0.15, 0.2) is 0 Å². The number of carbonyl (C=O) groups is 7. The first-order chi connectivity index (χ1) is 36.5. The van der Waals surface area contributed by atoms with Gasteiger partial charge in [-0.05, 0) is 181 Å². The van der Waals surface area contributed by atoms with Gasteiger partial charge >= 0.3 is 41.8 Å². The van der Waals surface area contributed by atoms with E-state index in [1.807, 2.05) is 0 Å². The summed E-state index contributed by atoms with van der Waals surface area (Å²) in [6.07, 6.45) is 18.5. The number of hydrogen-bond acceptors (Lipinski definition) is 16. The maximum absolute atomic E-state index is 11.9. The molecule has 4 aliphatic heterocycles. The molecule has 0 amide bonds. The molecule has 0 aromatic heterocycles. The third kappa shape index (κ3) is 13.9. The van der Waals surface area contributed by atoms with Crippen molar-refractivity contribution in [3.05, 3.63) is 60.8 Å². The molecule has 9 saturated carbocycles. The first-order valence-electron chi connectivity index (χ1n) is 28.6. The maximum Gasteiger partial charge on any atom is 0.333 e. The molecule has 13 aliphatic rings. The van der Waals surface area contributed by atoms with Crippen LogP contribution in [0.5, 0.6) is 0 Å². The molecule has 0 radical (unpaired) electrons. The second-order valence-corrected chi connectivity index (χ2v) is 25.9. The van der Waals surface area contributed by atoms with Crippen molar-refractivity contribution in [2.75, 3.05) is 13.2 Å². The van der Waals surface area contributed by atoms with E-state index in [4.69, 9.17) is 33.2 Å². The number of aliphatic hydroxyl groups is 1. The number of esters is 7. The zero-order valence-electron chi connectivity index (χ0n) is 47.8. The average molecular weight is 1090 g/mol. The van der Waals surface area contributed by atoms with Gasteiger partial charge in [0.05, 0.1) is 30.7 Å². The first kappa shape index (κ1) is 60.5. The van der Waals surface area contributed by atoms with Crippen molar-refractivity contribution in [3.63, 3.8) is 0 Å². The third-order valence-corrected chi connectivity index (χ3v) is 18.7. The van der Waals surface area contributed by atoms with Gasteiger partial charge in [-0.2, -0.15) is 0 Å². The van der Waals surface area contributed by atoms with Crippen molar-refractivity contribution in [3.8, 4) is 0 Å². The van der Waals surface area contributed by atoms with Crippen LogP contribution in [0.4, 0.5) is 0 Å². The second kappa shape index (κ2) is 23.9. The lowest BCUT2D eigenvalue weighted by atomic mass is 9.46. The summed E-state index contributed by atoms with van der Waals surface area (Å²) in [5, 5.41) is 10.5. The van der Waals surface area contributed by atoms with Crippen molar-refractivity contribution >= 4 is 41.8 Å². The Morgan fingerprint density at radius 2 is 1.13 bits per heavy atom. The summed E-state index contributed by atoms with van der Waals surface area (Å²) in [6, 6.07) is 0. The zero-order chi connectivity index (χ0) is 57.3. The summed E-state index contributed by atoms with van der Waals surface area (Å²) in [7, 11) is 0. The molecule has 4 saturated heterocycles. The highest BCUT2D eigenvalue weighted by Crippen LogP contribution is 2.64. The lowest BCUT2D eigenvalue weighted by molar-refractivity contribution is -0.217. The summed E-state index contributed by atoms with van der Waals surface area (Å²) in [6.45, 7) is 33.1. The van der Waals surface area contributed by atoms with Crippen LogP contribution in [-0.4, -0.2) is 107 Å². The average Bonchev–Trinajstić information content (AvgIpc) is 4.32. The van der Waals surface area contributed by atoms with Crippen molar-refractivity contribution in [1.82, 2.24) is 0 Å². The fourth-order valence-corrected chi connectivity index (χ4v) is 15.4. The van der Waals surface area contributed by atoms with E-state index in [1.165, 1.54) is 57.8 Å². The zero-order valence-corrected chi connectivity index (χ0v) is 47.8. The Morgan fingerprint density at radius 3 is 1.60 bits per heavy atom. The van der Waals surface area contributed by atoms with Crippen LogP contribution >= 0.6 is 0 Å². The van der Waals surface area contributed by atoms with E-state index in [-0.39, 0.29) is 89.6 Å². The van der Waals surface area contributed by atoms with E-state index in [2.05, 4.69) is 58.4 Å². The minimum absolute atomic E-state index is 0.0145. The van der Waals surface area contributed by atoms with E-state index in [1.54, 1.807) is 34.6 Å². The van der Waals surface area contributed by atoms with Gasteiger partial charge in [-0.15, -0.1) is 0 Å². The molecule has 8 unspecified atom stereocenters. The number of carbonyl (C=O) groups excluding carboxylic acids is 7. The molecule has 10 bridgehead atoms. The summed E-state index contributed by atoms with van der Waals surface area (Å²) >= 11 is 0. The van der Waals surface area contributed by atoms with Crippen LogP contribution in [0.3, 0.4) is 0 Å². The van der Waals surface area contributed by atoms with Crippen LogP contribution < -0.4 is 0 Å². The molecule has 432 valence electrons. The van der Waals surface area contributed by atoms with E-state index in [0.717, 1.165) is 62.7 Å². The fourth-order valence-electron chi connectivity index (χ4n) is 15.4. The van der Waals surface area contributed by atoms with Crippen molar-refractivity contribution < 1.29 is 76.6 Å². The second-order valence-electron chi connectivity index (χ2n) is 25.9.